The second-order valence-electron chi connectivity index (χ2n) is 4.02. The number of amides is 1. The monoisotopic (exact) mass is 184 g/mol. The summed E-state index contributed by atoms with van der Waals surface area (Å²) in [5.41, 5.74) is 5.13. The second-order valence-corrected chi connectivity index (χ2v) is 4.02. The van der Waals surface area contributed by atoms with Crippen molar-refractivity contribution in [3.63, 3.8) is 0 Å². The number of primary amides is 1. The van der Waals surface area contributed by atoms with Crippen LogP contribution in [0.15, 0.2) is 0 Å². The lowest BCUT2D eigenvalue weighted by Gasteiger charge is -2.12. The fourth-order valence-corrected chi connectivity index (χ4v) is 1.90. The molecule has 76 valence electrons. The molecule has 1 fully saturated rings. The number of nitrogens with one attached hydrogen (secondary N) is 1. The Balaban J connectivity index is 2.02. The highest BCUT2D eigenvalue weighted by molar-refractivity contribution is 5.79. The van der Waals surface area contributed by atoms with Gasteiger partial charge in [-0.15, -0.1) is 0 Å². The van der Waals surface area contributed by atoms with Crippen molar-refractivity contribution in [3.05, 3.63) is 0 Å². The van der Waals surface area contributed by atoms with E-state index in [4.69, 9.17) is 5.73 Å². The number of hydrogen-bond donors (Lipinski definition) is 2. The fraction of sp³-hybridized carbons (Fsp3) is 0.900. The number of nitrogens with two attached hydrogens (primary N) is 1. The Kier molecular flexibility index (Phi) is 4.22. The molecule has 0 aromatic heterocycles. The summed E-state index contributed by atoms with van der Waals surface area (Å²) in [7, 11) is 0. The maximum absolute atomic E-state index is 10.7. The SMILES string of the molecule is CC(NCCC1CCCC1)C(N)=O. The summed E-state index contributed by atoms with van der Waals surface area (Å²) in [5, 5.41) is 3.13. The van der Waals surface area contributed by atoms with Crippen molar-refractivity contribution in [1.82, 2.24) is 5.32 Å². The molecule has 1 amide bonds. The average molecular weight is 184 g/mol. The van der Waals surface area contributed by atoms with Crippen LogP contribution >= 0.6 is 0 Å². The van der Waals surface area contributed by atoms with E-state index in [9.17, 15) is 4.79 Å². The van der Waals surface area contributed by atoms with Gasteiger partial charge in [0.05, 0.1) is 6.04 Å². The fourth-order valence-electron chi connectivity index (χ4n) is 1.90. The van der Waals surface area contributed by atoms with Crippen LogP contribution in [-0.4, -0.2) is 18.5 Å². The minimum absolute atomic E-state index is 0.179. The minimum Gasteiger partial charge on any atom is -0.368 e. The molecule has 0 spiro atoms. The van der Waals surface area contributed by atoms with Crippen LogP contribution in [0.5, 0.6) is 0 Å². The highest BCUT2D eigenvalue weighted by atomic mass is 16.1. The zero-order valence-electron chi connectivity index (χ0n) is 8.38. The molecule has 1 atom stereocenters. The van der Waals surface area contributed by atoms with Gasteiger partial charge in [0.15, 0.2) is 0 Å². The first kappa shape index (κ1) is 10.5. The summed E-state index contributed by atoms with van der Waals surface area (Å²) in [4.78, 5) is 10.7. The molecule has 0 aromatic carbocycles. The van der Waals surface area contributed by atoms with Crippen LogP contribution in [0.1, 0.15) is 39.0 Å². The molecular formula is C10H20N2O. The average Bonchev–Trinajstić information content (AvgIpc) is 2.56. The smallest absolute Gasteiger partial charge is 0.234 e. The predicted molar refractivity (Wildman–Crippen MR) is 53.2 cm³/mol. The standard InChI is InChI=1S/C10H20N2O/c1-8(10(11)13)12-7-6-9-4-2-3-5-9/h8-9,12H,2-7H2,1H3,(H2,11,13). The van der Waals surface area contributed by atoms with Crippen molar-refractivity contribution >= 4 is 5.91 Å². The first-order valence-electron chi connectivity index (χ1n) is 5.23. The van der Waals surface area contributed by atoms with Gasteiger partial charge in [-0.3, -0.25) is 4.79 Å². The largest absolute Gasteiger partial charge is 0.368 e. The van der Waals surface area contributed by atoms with Crippen LogP contribution in [0.3, 0.4) is 0 Å². The molecule has 0 bridgehead atoms. The van der Waals surface area contributed by atoms with E-state index < -0.39 is 0 Å². The van der Waals surface area contributed by atoms with E-state index in [0.29, 0.717) is 0 Å². The quantitative estimate of drug-likeness (QED) is 0.670. The summed E-state index contributed by atoms with van der Waals surface area (Å²) >= 11 is 0. The van der Waals surface area contributed by atoms with E-state index >= 15 is 0 Å². The third kappa shape index (κ3) is 3.77. The molecule has 3 nitrogen and oxygen atoms in total. The second kappa shape index (κ2) is 5.22. The number of rotatable bonds is 5. The molecule has 1 rings (SSSR count). The Bertz CT molecular complexity index is 164. The zero-order chi connectivity index (χ0) is 9.68. The molecule has 1 aliphatic rings. The van der Waals surface area contributed by atoms with Gasteiger partial charge >= 0.3 is 0 Å². The van der Waals surface area contributed by atoms with Crippen LogP contribution in [0.2, 0.25) is 0 Å². The third-order valence-electron chi connectivity index (χ3n) is 2.90. The summed E-state index contributed by atoms with van der Waals surface area (Å²) in [6.45, 7) is 2.74. The Morgan fingerprint density at radius 2 is 2.15 bits per heavy atom. The van der Waals surface area contributed by atoms with Crippen LogP contribution in [0.4, 0.5) is 0 Å². The number of carbonyl (C=O) groups excluding carboxylic acids is 1. The first-order valence-corrected chi connectivity index (χ1v) is 5.23. The Labute approximate surface area is 80.1 Å². The van der Waals surface area contributed by atoms with E-state index in [1.807, 2.05) is 6.92 Å². The lowest BCUT2D eigenvalue weighted by atomic mass is 10.0. The Hall–Kier alpha value is -0.570. The van der Waals surface area contributed by atoms with Gasteiger partial charge in [0.1, 0.15) is 0 Å². The molecule has 0 aliphatic heterocycles. The molecule has 1 unspecified atom stereocenters. The Morgan fingerprint density at radius 1 is 1.54 bits per heavy atom. The topological polar surface area (TPSA) is 55.1 Å². The number of carbonyl (C=O) groups is 1. The van der Waals surface area contributed by atoms with Gasteiger partial charge < -0.3 is 11.1 Å². The van der Waals surface area contributed by atoms with Crippen LogP contribution in [-0.2, 0) is 4.79 Å². The summed E-state index contributed by atoms with van der Waals surface area (Å²) in [6.07, 6.45) is 6.70. The Morgan fingerprint density at radius 3 is 2.69 bits per heavy atom. The van der Waals surface area contributed by atoms with Crippen LogP contribution in [0.25, 0.3) is 0 Å². The van der Waals surface area contributed by atoms with Crippen molar-refractivity contribution in [2.45, 2.75) is 45.1 Å². The van der Waals surface area contributed by atoms with E-state index in [-0.39, 0.29) is 11.9 Å². The molecule has 0 aromatic rings. The van der Waals surface area contributed by atoms with E-state index in [2.05, 4.69) is 5.32 Å². The molecular weight excluding hydrogens is 164 g/mol. The van der Waals surface area contributed by atoms with Crippen molar-refractivity contribution in [2.75, 3.05) is 6.54 Å². The molecule has 13 heavy (non-hydrogen) atoms. The van der Waals surface area contributed by atoms with Crippen molar-refractivity contribution < 1.29 is 4.79 Å². The highest BCUT2D eigenvalue weighted by Crippen LogP contribution is 2.26. The molecule has 0 heterocycles. The van der Waals surface area contributed by atoms with Gasteiger partial charge in [-0.05, 0) is 25.8 Å². The van der Waals surface area contributed by atoms with E-state index in [1.165, 1.54) is 32.1 Å². The van der Waals surface area contributed by atoms with Gasteiger partial charge in [0.2, 0.25) is 5.91 Å². The van der Waals surface area contributed by atoms with Crippen LogP contribution in [0, 0.1) is 5.92 Å². The normalized spacial score (nSPS) is 20.4. The molecule has 1 saturated carbocycles. The van der Waals surface area contributed by atoms with Crippen LogP contribution < -0.4 is 11.1 Å². The lowest BCUT2D eigenvalue weighted by Crippen LogP contribution is -2.39. The summed E-state index contributed by atoms with van der Waals surface area (Å²) in [6, 6.07) is -0.179. The zero-order valence-corrected chi connectivity index (χ0v) is 8.38. The first-order chi connectivity index (χ1) is 6.20. The summed E-state index contributed by atoms with van der Waals surface area (Å²) in [5.74, 6) is 0.624. The van der Waals surface area contributed by atoms with E-state index in [1.54, 1.807) is 0 Å². The molecule has 0 saturated heterocycles. The predicted octanol–water partition coefficient (Wildman–Crippen LogP) is 1.03. The van der Waals surface area contributed by atoms with Gasteiger partial charge in [0, 0.05) is 0 Å². The maximum atomic E-state index is 10.7. The molecule has 3 N–H and O–H groups in total. The molecule has 0 radical (unpaired) electrons. The minimum atomic E-state index is -0.258. The summed E-state index contributed by atoms with van der Waals surface area (Å²) < 4.78 is 0. The van der Waals surface area contributed by atoms with E-state index in [0.717, 1.165) is 12.5 Å². The van der Waals surface area contributed by atoms with Gasteiger partial charge in [0.25, 0.3) is 0 Å². The molecule has 3 heteroatoms. The van der Waals surface area contributed by atoms with Gasteiger partial charge in [-0.1, -0.05) is 25.7 Å². The van der Waals surface area contributed by atoms with Crippen molar-refractivity contribution in [3.8, 4) is 0 Å². The number of hydrogen-bond acceptors (Lipinski definition) is 2. The molecule has 1 aliphatic carbocycles. The lowest BCUT2D eigenvalue weighted by molar-refractivity contribution is -0.119. The highest BCUT2D eigenvalue weighted by Gasteiger charge is 2.15. The van der Waals surface area contributed by atoms with Crippen molar-refractivity contribution in [2.24, 2.45) is 11.7 Å². The van der Waals surface area contributed by atoms with Gasteiger partial charge in [-0.25, -0.2) is 0 Å². The third-order valence-corrected chi connectivity index (χ3v) is 2.90. The van der Waals surface area contributed by atoms with Crippen molar-refractivity contribution in [1.29, 1.82) is 0 Å². The maximum Gasteiger partial charge on any atom is 0.234 e. The van der Waals surface area contributed by atoms with Gasteiger partial charge in [-0.2, -0.15) is 0 Å².